The van der Waals surface area contributed by atoms with Crippen LogP contribution >= 0.6 is 15.9 Å². The Morgan fingerprint density at radius 2 is 2.36 bits per heavy atom. The molecule has 0 saturated carbocycles. The molecule has 0 aliphatic carbocycles. The van der Waals surface area contributed by atoms with Crippen molar-refractivity contribution in [1.82, 2.24) is 0 Å². The molecule has 1 heterocycles. The largest absolute Gasteiger partial charge is 0.465 e. The van der Waals surface area contributed by atoms with E-state index in [4.69, 9.17) is 4.42 Å². The molecule has 0 atom stereocenters. The van der Waals surface area contributed by atoms with E-state index >= 15 is 0 Å². The number of esters is 1. The van der Waals surface area contributed by atoms with Crippen molar-refractivity contribution in [3.63, 3.8) is 0 Å². The van der Waals surface area contributed by atoms with Crippen LogP contribution in [0.5, 0.6) is 0 Å². The summed E-state index contributed by atoms with van der Waals surface area (Å²) in [6, 6.07) is 3.47. The lowest BCUT2D eigenvalue weighted by atomic mass is 10.2. The molecule has 0 aliphatic heterocycles. The van der Waals surface area contributed by atoms with Crippen LogP contribution in [0.1, 0.15) is 5.76 Å². The van der Waals surface area contributed by atoms with Gasteiger partial charge >= 0.3 is 5.97 Å². The van der Waals surface area contributed by atoms with Crippen LogP contribution in [0.2, 0.25) is 0 Å². The molecule has 1 rings (SSSR count). The lowest BCUT2D eigenvalue weighted by Crippen LogP contribution is -2.01. The average Bonchev–Trinajstić information content (AvgIpc) is 2.59. The van der Waals surface area contributed by atoms with E-state index in [-0.39, 0.29) is 0 Å². The van der Waals surface area contributed by atoms with Gasteiger partial charge in [0.15, 0.2) is 4.67 Å². The molecule has 1 aromatic heterocycles. The van der Waals surface area contributed by atoms with Crippen molar-refractivity contribution >= 4 is 28.0 Å². The van der Waals surface area contributed by atoms with Gasteiger partial charge in [-0.15, -0.1) is 0 Å². The van der Waals surface area contributed by atoms with Gasteiger partial charge in [0.1, 0.15) is 5.76 Å². The molecular formula is C10H9BrO3. The fourth-order valence-corrected chi connectivity index (χ4v) is 1.20. The summed E-state index contributed by atoms with van der Waals surface area (Å²) < 4.78 is 10.4. The van der Waals surface area contributed by atoms with Crippen LogP contribution in [-0.4, -0.2) is 13.1 Å². The van der Waals surface area contributed by atoms with Crippen molar-refractivity contribution in [2.24, 2.45) is 0 Å². The van der Waals surface area contributed by atoms with E-state index in [2.05, 4.69) is 27.2 Å². The highest BCUT2D eigenvalue weighted by molar-refractivity contribution is 9.10. The van der Waals surface area contributed by atoms with Crippen molar-refractivity contribution in [3.8, 4) is 0 Å². The minimum absolute atomic E-state index is 0.356. The van der Waals surface area contributed by atoms with Crippen molar-refractivity contribution in [2.75, 3.05) is 7.11 Å². The van der Waals surface area contributed by atoms with Gasteiger partial charge < -0.3 is 9.15 Å². The van der Waals surface area contributed by atoms with Crippen molar-refractivity contribution < 1.29 is 13.9 Å². The topological polar surface area (TPSA) is 39.4 Å². The molecule has 0 bridgehead atoms. The van der Waals surface area contributed by atoms with Gasteiger partial charge in [-0.05, 0) is 34.1 Å². The summed E-state index contributed by atoms with van der Waals surface area (Å²) in [5.41, 5.74) is 0.356. The maximum absolute atomic E-state index is 11.1. The van der Waals surface area contributed by atoms with Crippen LogP contribution in [0.15, 0.2) is 39.4 Å². The Balaban J connectivity index is 2.94. The second-order valence-electron chi connectivity index (χ2n) is 2.44. The van der Waals surface area contributed by atoms with E-state index in [1.807, 2.05) is 0 Å². The Labute approximate surface area is 90.2 Å². The van der Waals surface area contributed by atoms with Crippen molar-refractivity contribution in [2.45, 2.75) is 0 Å². The normalized spacial score (nSPS) is 11.1. The fraction of sp³-hybridized carbons (Fsp3) is 0.100. The van der Waals surface area contributed by atoms with Gasteiger partial charge in [0.2, 0.25) is 0 Å². The highest BCUT2D eigenvalue weighted by Gasteiger charge is 2.06. The Bertz CT molecular complexity index is 376. The van der Waals surface area contributed by atoms with Crippen LogP contribution < -0.4 is 0 Å². The second kappa shape index (κ2) is 4.81. The van der Waals surface area contributed by atoms with Crippen molar-refractivity contribution in [1.29, 1.82) is 0 Å². The van der Waals surface area contributed by atoms with Crippen molar-refractivity contribution in [3.05, 3.63) is 40.8 Å². The molecule has 3 nitrogen and oxygen atoms in total. The molecule has 0 amide bonds. The third-order valence-corrected chi connectivity index (χ3v) is 1.96. The average molecular weight is 257 g/mol. The number of methoxy groups -OCH3 is 1. The standard InChI is InChI=1S/C10H9BrO3/c1-3-7(10(12)13-2)6-8-4-5-9(11)14-8/h3-6H,1H2,2H3. The van der Waals surface area contributed by atoms with E-state index in [0.29, 0.717) is 16.0 Å². The van der Waals surface area contributed by atoms with Gasteiger partial charge in [0.25, 0.3) is 0 Å². The number of furan rings is 1. The first-order valence-electron chi connectivity index (χ1n) is 3.85. The summed E-state index contributed by atoms with van der Waals surface area (Å²) >= 11 is 3.16. The molecule has 0 aromatic carbocycles. The zero-order valence-electron chi connectivity index (χ0n) is 7.62. The molecule has 1 aromatic rings. The molecule has 14 heavy (non-hydrogen) atoms. The van der Waals surface area contributed by atoms with Crippen LogP contribution in [0.3, 0.4) is 0 Å². The first kappa shape index (κ1) is 10.8. The monoisotopic (exact) mass is 256 g/mol. The third-order valence-electron chi connectivity index (χ3n) is 1.53. The van der Waals surface area contributed by atoms with E-state index in [9.17, 15) is 4.79 Å². The number of ether oxygens (including phenoxy) is 1. The van der Waals surface area contributed by atoms with Crippen LogP contribution in [0.4, 0.5) is 0 Å². The molecule has 0 unspecified atom stereocenters. The molecule has 0 radical (unpaired) electrons. The minimum Gasteiger partial charge on any atom is -0.465 e. The highest BCUT2D eigenvalue weighted by atomic mass is 79.9. The molecule has 0 saturated heterocycles. The SMILES string of the molecule is C=CC(=Cc1ccc(Br)o1)C(=O)OC. The fourth-order valence-electron chi connectivity index (χ4n) is 0.878. The number of rotatable bonds is 3. The molecule has 4 heteroatoms. The van der Waals surface area contributed by atoms with Gasteiger partial charge in [-0.1, -0.05) is 12.7 Å². The van der Waals surface area contributed by atoms with Crippen LogP contribution in [0, 0.1) is 0 Å². The van der Waals surface area contributed by atoms with Gasteiger partial charge in [0.05, 0.1) is 12.7 Å². The lowest BCUT2D eigenvalue weighted by Gasteiger charge is -1.97. The molecule has 0 spiro atoms. The lowest BCUT2D eigenvalue weighted by molar-refractivity contribution is -0.135. The number of carbonyl (C=O) groups excluding carboxylic acids is 1. The maximum Gasteiger partial charge on any atom is 0.337 e. The van der Waals surface area contributed by atoms with Gasteiger partial charge in [0, 0.05) is 0 Å². The quantitative estimate of drug-likeness (QED) is 0.475. The van der Waals surface area contributed by atoms with E-state index in [1.165, 1.54) is 13.2 Å². The smallest absolute Gasteiger partial charge is 0.337 e. The first-order valence-corrected chi connectivity index (χ1v) is 4.64. The predicted octanol–water partition coefficient (Wildman–Crippen LogP) is 2.78. The number of halogens is 1. The summed E-state index contributed by atoms with van der Waals surface area (Å²) in [5.74, 6) is 0.129. The van der Waals surface area contributed by atoms with E-state index < -0.39 is 5.97 Å². The summed E-state index contributed by atoms with van der Waals surface area (Å²) in [6.07, 6.45) is 2.98. The Kier molecular flexibility index (Phi) is 3.71. The van der Waals surface area contributed by atoms with Gasteiger partial charge in [-0.3, -0.25) is 0 Å². The molecule has 0 N–H and O–H groups in total. The van der Waals surface area contributed by atoms with Gasteiger partial charge in [-0.2, -0.15) is 0 Å². The molecular weight excluding hydrogens is 248 g/mol. The Morgan fingerprint density at radius 3 is 2.79 bits per heavy atom. The Morgan fingerprint density at radius 1 is 1.64 bits per heavy atom. The van der Waals surface area contributed by atoms with E-state index in [0.717, 1.165) is 0 Å². The minimum atomic E-state index is -0.437. The summed E-state index contributed by atoms with van der Waals surface area (Å²) in [4.78, 5) is 11.1. The van der Waals surface area contributed by atoms with Crippen LogP contribution in [-0.2, 0) is 9.53 Å². The molecule has 0 aliphatic rings. The zero-order valence-corrected chi connectivity index (χ0v) is 9.21. The maximum atomic E-state index is 11.1. The molecule has 74 valence electrons. The predicted molar refractivity (Wildman–Crippen MR) is 56.6 cm³/mol. The van der Waals surface area contributed by atoms with Gasteiger partial charge in [-0.25, -0.2) is 4.79 Å². The zero-order chi connectivity index (χ0) is 10.6. The second-order valence-corrected chi connectivity index (χ2v) is 3.22. The number of carbonyl (C=O) groups is 1. The summed E-state index contributed by atoms with van der Waals surface area (Å²) in [7, 11) is 1.32. The number of hydrogen-bond acceptors (Lipinski definition) is 3. The van der Waals surface area contributed by atoms with E-state index in [1.54, 1.807) is 18.2 Å². The Hall–Kier alpha value is -1.29. The van der Waals surface area contributed by atoms with Crippen LogP contribution in [0.25, 0.3) is 6.08 Å². The summed E-state index contributed by atoms with van der Waals surface area (Å²) in [6.45, 7) is 3.51. The highest BCUT2D eigenvalue weighted by Crippen LogP contribution is 2.17. The third kappa shape index (κ3) is 2.60. The first-order chi connectivity index (χ1) is 6.67. The molecule has 0 fully saturated rings. The number of hydrogen-bond donors (Lipinski definition) is 0. The summed E-state index contributed by atoms with van der Waals surface area (Å²) in [5, 5.41) is 0.